The van der Waals surface area contributed by atoms with Crippen molar-refractivity contribution in [1.29, 1.82) is 0 Å². The molecule has 1 fully saturated rings. The number of nitrogens with one attached hydrogen (secondary N) is 1. The zero-order valence-electron chi connectivity index (χ0n) is 12.2. The number of hydrogen-bond donors (Lipinski definition) is 1. The second-order valence-electron chi connectivity index (χ2n) is 5.23. The minimum absolute atomic E-state index is 0.0259. The highest BCUT2D eigenvalue weighted by Crippen LogP contribution is 2.20. The van der Waals surface area contributed by atoms with E-state index in [0.29, 0.717) is 11.7 Å². The van der Waals surface area contributed by atoms with E-state index in [4.69, 9.17) is 4.74 Å². The first-order chi connectivity index (χ1) is 9.46. The van der Waals surface area contributed by atoms with Gasteiger partial charge in [0.15, 0.2) is 0 Å². The fourth-order valence-electron chi connectivity index (χ4n) is 2.50. The molecule has 1 aromatic carbocycles. The Bertz CT molecular complexity index is 542. The van der Waals surface area contributed by atoms with Gasteiger partial charge in [-0.05, 0) is 36.7 Å². The van der Waals surface area contributed by atoms with Crippen molar-refractivity contribution in [2.24, 2.45) is 5.92 Å². The second-order valence-corrected chi connectivity index (χ2v) is 6.95. The predicted molar refractivity (Wildman–Crippen MR) is 78.4 cm³/mol. The van der Waals surface area contributed by atoms with Crippen molar-refractivity contribution < 1.29 is 13.2 Å². The zero-order chi connectivity index (χ0) is 14.8. The summed E-state index contributed by atoms with van der Waals surface area (Å²) in [6.45, 7) is 6.83. The zero-order valence-corrected chi connectivity index (χ0v) is 13.0. The number of nitrogens with zero attached hydrogens (tertiary/aromatic N) is 1. The van der Waals surface area contributed by atoms with Gasteiger partial charge in [-0.3, -0.25) is 0 Å². The third-order valence-corrected chi connectivity index (χ3v) is 5.32. The second kappa shape index (κ2) is 6.11. The van der Waals surface area contributed by atoms with Crippen LogP contribution in [0.1, 0.15) is 13.8 Å². The molecule has 1 saturated heterocycles. The maximum Gasteiger partial charge on any atom is 0.240 e. The van der Waals surface area contributed by atoms with Crippen LogP contribution in [0, 0.1) is 5.92 Å². The molecule has 2 unspecified atom stereocenters. The van der Waals surface area contributed by atoms with Crippen LogP contribution in [0.4, 0.5) is 0 Å². The highest BCUT2D eigenvalue weighted by molar-refractivity contribution is 7.89. The highest BCUT2D eigenvalue weighted by Gasteiger charge is 2.32. The summed E-state index contributed by atoms with van der Waals surface area (Å²) in [5.74, 6) is 0.971. The summed E-state index contributed by atoms with van der Waals surface area (Å²) >= 11 is 0. The third-order valence-electron chi connectivity index (χ3n) is 3.81. The number of benzene rings is 1. The smallest absolute Gasteiger partial charge is 0.240 e. The molecule has 0 spiro atoms. The molecular formula is C14H22N2O3S. The lowest BCUT2D eigenvalue weighted by molar-refractivity contribution is 0.344. The summed E-state index contributed by atoms with van der Waals surface area (Å²) in [6.07, 6.45) is 0. The van der Waals surface area contributed by atoms with Crippen molar-refractivity contribution in [2.75, 3.05) is 26.7 Å². The molecule has 1 heterocycles. The van der Waals surface area contributed by atoms with Gasteiger partial charge in [0, 0.05) is 19.1 Å². The molecule has 0 radical (unpaired) electrons. The van der Waals surface area contributed by atoms with Gasteiger partial charge in [-0.15, -0.1) is 0 Å². The van der Waals surface area contributed by atoms with Crippen LogP contribution in [0.25, 0.3) is 0 Å². The van der Waals surface area contributed by atoms with Gasteiger partial charge < -0.3 is 9.64 Å². The predicted octanol–water partition coefficient (Wildman–Crippen LogP) is 1.31. The quantitative estimate of drug-likeness (QED) is 0.890. The topological polar surface area (TPSA) is 58.6 Å². The summed E-state index contributed by atoms with van der Waals surface area (Å²) in [6, 6.07) is 6.43. The Morgan fingerprint density at radius 2 is 1.95 bits per heavy atom. The molecule has 1 aliphatic heterocycles. The Hall–Kier alpha value is -1.11. The summed E-state index contributed by atoms with van der Waals surface area (Å²) in [5.41, 5.74) is 0. The van der Waals surface area contributed by atoms with E-state index >= 15 is 0 Å². The SMILES string of the molecule is CCN1CC(C)C(NS(=O)(=O)c2ccc(OC)cc2)C1. The molecule has 0 amide bonds. The first-order valence-corrected chi connectivity index (χ1v) is 8.33. The lowest BCUT2D eigenvalue weighted by Gasteiger charge is -2.17. The van der Waals surface area contributed by atoms with Crippen LogP contribution < -0.4 is 9.46 Å². The molecule has 0 aromatic heterocycles. The van der Waals surface area contributed by atoms with E-state index in [2.05, 4.69) is 23.5 Å². The number of ether oxygens (including phenoxy) is 1. The standard InChI is InChI=1S/C14H22N2O3S/c1-4-16-9-11(2)14(10-16)15-20(17,18)13-7-5-12(19-3)6-8-13/h5-8,11,14-15H,4,9-10H2,1-3H3. The number of rotatable bonds is 5. The van der Waals surface area contributed by atoms with E-state index in [9.17, 15) is 8.42 Å². The van der Waals surface area contributed by atoms with E-state index in [1.807, 2.05) is 0 Å². The fourth-order valence-corrected chi connectivity index (χ4v) is 3.84. The van der Waals surface area contributed by atoms with Gasteiger partial charge in [-0.2, -0.15) is 0 Å². The van der Waals surface area contributed by atoms with Crippen molar-refractivity contribution in [1.82, 2.24) is 9.62 Å². The minimum Gasteiger partial charge on any atom is -0.497 e. The van der Waals surface area contributed by atoms with Gasteiger partial charge in [-0.25, -0.2) is 13.1 Å². The molecule has 1 aromatic rings. The van der Waals surface area contributed by atoms with E-state index < -0.39 is 10.0 Å². The normalized spacial score (nSPS) is 23.9. The third kappa shape index (κ3) is 3.31. The first kappa shape index (κ1) is 15.3. The molecule has 112 valence electrons. The van der Waals surface area contributed by atoms with Gasteiger partial charge in [0.05, 0.1) is 12.0 Å². The Labute approximate surface area is 121 Å². The summed E-state index contributed by atoms with van der Waals surface area (Å²) in [4.78, 5) is 2.53. The van der Waals surface area contributed by atoms with Gasteiger partial charge in [0.2, 0.25) is 10.0 Å². The average Bonchev–Trinajstić information content (AvgIpc) is 2.79. The minimum atomic E-state index is -3.47. The molecule has 1 aliphatic rings. The van der Waals surface area contributed by atoms with E-state index in [1.165, 1.54) is 0 Å². The summed E-state index contributed by atoms with van der Waals surface area (Å²) in [5, 5.41) is 0. The van der Waals surface area contributed by atoms with Crippen LogP contribution in [0.5, 0.6) is 5.75 Å². The van der Waals surface area contributed by atoms with Crippen LogP contribution in [0.3, 0.4) is 0 Å². The fraction of sp³-hybridized carbons (Fsp3) is 0.571. The molecule has 1 N–H and O–H groups in total. The highest BCUT2D eigenvalue weighted by atomic mass is 32.2. The van der Waals surface area contributed by atoms with Crippen molar-refractivity contribution in [3.05, 3.63) is 24.3 Å². The number of hydrogen-bond acceptors (Lipinski definition) is 4. The number of likely N-dealkylation sites (N-methyl/N-ethyl adjacent to an activating group) is 1. The van der Waals surface area contributed by atoms with E-state index in [-0.39, 0.29) is 10.9 Å². The average molecular weight is 298 g/mol. The monoisotopic (exact) mass is 298 g/mol. The van der Waals surface area contributed by atoms with Crippen LogP contribution in [-0.4, -0.2) is 46.1 Å². The van der Waals surface area contributed by atoms with Crippen LogP contribution >= 0.6 is 0 Å². The molecule has 0 bridgehead atoms. The molecule has 5 nitrogen and oxygen atoms in total. The Morgan fingerprint density at radius 1 is 1.30 bits per heavy atom. The maximum absolute atomic E-state index is 12.4. The van der Waals surface area contributed by atoms with Crippen LogP contribution in [-0.2, 0) is 10.0 Å². The first-order valence-electron chi connectivity index (χ1n) is 6.85. The Balaban J connectivity index is 2.10. The van der Waals surface area contributed by atoms with E-state index in [0.717, 1.165) is 19.6 Å². The molecule has 0 aliphatic carbocycles. The molecule has 2 atom stereocenters. The van der Waals surface area contributed by atoms with Crippen molar-refractivity contribution in [3.63, 3.8) is 0 Å². The summed E-state index contributed by atoms with van der Waals surface area (Å²) in [7, 11) is -1.91. The lowest BCUT2D eigenvalue weighted by Crippen LogP contribution is -2.39. The Kier molecular flexibility index (Phi) is 4.67. The molecule has 2 rings (SSSR count). The molecule has 0 saturated carbocycles. The molecule has 20 heavy (non-hydrogen) atoms. The van der Waals surface area contributed by atoms with Gasteiger partial charge in [-0.1, -0.05) is 13.8 Å². The number of likely N-dealkylation sites (tertiary alicyclic amines) is 1. The maximum atomic E-state index is 12.4. The lowest BCUT2D eigenvalue weighted by atomic mass is 10.1. The van der Waals surface area contributed by atoms with Gasteiger partial charge in [0.1, 0.15) is 5.75 Å². The Morgan fingerprint density at radius 3 is 2.45 bits per heavy atom. The number of methoxy groups -OCH3 is 1. The van der Waals surface area contributed by atoms with Crippen molar-refractivity contribution >= 4 is 10.0 Å². The largest absolute Gasteiger partial charge is 0.497 e. The van der Waals surface area contributed by atoms with Crippen LogP contribution in [0.2, 0.25) is 0 Å². The van der Waals surface area contributed by atoms with Crippen LogP contribution in [0.15, 0.2) is 29.2 Å². The molecular weight excluding hydrogens is 276 g/mol. The molecule has 6 heteroatoms. The van der Waals surface area contributed by atoms with Crippen molar-refractivity contribution in [2.45, 2.75) is 24.8 Å². The number of sulfonamides is 1. The summed E-state index contributed by atoms with van der Waals surface area (Å²) < 4.78 is 32.6. The van der Waals surface area contributed by atoms with Crippen molar-refractivity contribution in [3.8, 4) is 5.75 Å². The van der Waals surface area contributed by atoms with Gasteiger partial charge >= 0.3 is 0 Å². The van der Waals surface area contributed by atoms with E-state index in [1.54, 1.807) is 31.4 Å². The van der Waals surface area contributed by atoms with Gasteiger partial charge in [0.25, 0.3) is 0 Å².